The zero-order chi connectivity index (χ0) is 16.5. The number of hydrogen-bond acceptors (Lipinski definition) is 4. The lowest BCUT2D eigenvalue weighted by molar-refractivity contribution is 0.111. The van der Waals surface area contributed by atoms with E-state index in [4.69, 9.17) is 9.47 Å². The van der Waals surface area contributed by atoms with E-state index in [0.29, 0.717) is 6.79 Å². The first kappa shape index (κ1) is 17.6. The van der Waals surface area contributed by atoms with Crippen LogP contribution in [0.2, 0.25) is 0 Å². The lowest BCUT2D eigenvalue weighted by Crippen LogP contribution is -2.41. The van der Waals surface area contributed by atoms with Crippen LogP contribution in [0.15, 0.2) is 24.3 Å². The normalized spacial score (nSPS) is 27.2. The maximum absolute atomic E-state index is 5.08. The third-order valence-corrected chi connectivity index (χ3v) is 5.30. The maximum Gasteiger partial charge on any atom is 0.231 e. The molecule has 2 bridgehead atoms. The predicted molar refractivity (Wildman–Crippen MR) is 97.7 cm³/mol. The molecule has 0 aromatic heterocycles. The number of ether oxygens (including phenoxy) is 2. The number of para-hydroxylation sites is 2. The second kappa shape index (κ2) is 9.90. The lowest BCUT2D eigenvalue weighted by Gasteiger charge is -2.38. The van der Waals surface area contributed by atoms with Crippen LogP contribution in [-0.2, 0) is 0 Å². The van der Waals surface area contributed by atoms with Crippen LogP contribution < -0.4 is 14.8 Å². The van der Waals surface area contributed by atoms with E-state index in [2.05, 4.69) is 10.2 Å². The maximum atomic E-state index is 5.08. The van der Waals surface area contributed by atoms with E-state index in [1.807, 2.05) is 24.3 Å². The van der Waals surface area contributed by atoms with E-state index in [1.165, 1.54) is 77.7 Å². The molecule has 0 aliphatic carbocycles. The van der Waals surface area contributed by atoms with Crippen LogP contribution >= 0.6 is 0 Å². The summed E-state index contributed by atoms with van der Waals surface area (Å²) in [6.07, 6.45) is 10.1. The molecule has 1 N–H and O–H groups in total. The molecule has 4 saturated heterocycles. The molecule has 0 saturated carbocycles. The first-order valence-electron chi connectivity index (χ1n) is 9.69. The Morgan fingerprint density at radius 1 is 0.792 bits per heavy atom. The summed E-state index contributed by atoms with van der Waals surface area (Å²) in [6.45, 7) is 7.04. The lowest BCUT2D eigenvalue weighted by atomic mass is 9.89. The van der Waals surface area contributed by atoms with Gasteiger partial charge in [-0.2, -0.15) is 0 Å². The molecule has 134 valence electrons. The van der Waals surface area contributed by atoms with Crippen molar-refractivity contribution < 1.29 is 9.47 Å². The third kappa shape index (κ3) is 5.67. The first-order valence-corrected chi connectivity index (χ1v) is 9.69. The molecular weight excluding hydrogens is 300 g/mol. The number of nitrogens with zero attached hydrogens (tertiary/aromatic N) is 1. The summed E-state index contributed by atoms with van der Waals surface area (Å²) in [5.74, 6) is 2.80. The van der Waals surface area contributed by atoms with Crippen LogP contribution in [-0.4, -0.2) is 44.4 Å². The average molecular weight is 332 g/mol. The highest BCUT2D eigenvalue weighted by Gasteiger charge is 2.24. The van der Waals surface area contributed by atoms with E-state index >= 15 is 0 Å². The van der Waals surface area contributed by atoms with Crippen molar-refractivity contribution in [1.82, 2.24) is 10.2 Å². The molecule has 5 aliphatic rings. The SMILES string of the molecule is C1CCCNCC1.C1CN2CCC1CC2.c1ccc2c(c1)OCO2. The Morgan fingerprint density at radius 2 is 1.33 bits per heavy atom. The Morgan fingerprint density at radius 3 is 1.75 bits per heavy atom. The minimum Gasteiger partial charge on any atom is -0.454 e. The van der Waals surface area contributed by atoms with Crippen molar-refractivity contribution in [2.24, 2.45) is 5.92 Å². The van der Waals surface area contributed by atoms with E-state index in [0.717, 1.165) is 17.4 Å². The van der Waals surface area contributed by atoms with Crippen molar-refractivity contribution in [3.63, 3.8) is 0 Å². The molecule has 24 heavy (non-hydrogen) atoms. The van der Waals surface area contributed by atoms with Crippen molar-refractivity contribution >= 4 is 0 Å². The quantitative estimate of drug-likeness (QED) is 0.786. The summed E-state index contributed by atoms with van der Waals surface area (Å²) in [5.41, 5.74) is 0. The van der Waals surface area contributed by atoms with Crippen molar-refractivity contribution in [2.45, 2.75) is 44.9 Å². The van der Waals surface area contributed by atoms with Gasteiger partial charge in [0.05, 0.1) is 0 Å². The van der Waals surface area contributed by atoms with Gasteiger partial charge in [-0.05, 0) is 82.9 Å². The largest absolute Gasteiger partial charge is 0.454 e. The molecule has 1 aromatic carbocycles. The fraction of sp³-hybridized carbons (Fsp3) is 0.700. The highest BCUT2D eigenvalue weighted by Crippen LogP contribution is 2.30. The summed E-state index contributed by atoms with van der Waals surface area (Å²) in [7, 11) is 0. The van der Waals surface area contributed by atoms with Crippen molar-refractivity contribution in [2.75, 3.05) is 39.5 Å². The van der Waals surface area contributed by atoms with E-state index < -0.39 is 0 Å². The van der Waals surface area contributed by atoms with Gasteiger partial charge >= 0.3 is 0 Å². The molecule has 5 aliphatic heterocycles. The Balaban J connectivity index is 0.000000107. The molecule has 4 nitrogen and oxygen atoms in total. The Kier molecular flexibility index (Phi) is 7.24. The highest BCUT2D eigenvalue weighted by atomic mass is 16.7. The zero-order valence-electron chi connectivity index (χ0n) is 14.8. The summed E-state index contributed by atoms with van der Waals surface area (Å²) in [5, 5.41) is 3.35. The van der Waals surface area contributed by atoms with Crippen LogP contribution in [0.5, 0.6) is 11.5 Å². The number of piperidine rings is 3. The van der Waals surface area contributed by atoms with Crippen LogP contribution in [0.25, 0.3) is 0 Å². The zero-order valence-corrected chi connectivity index (χ0v) is 14.8. The van der Waals surface area contributed by atoms with Gasteiger partial charge in [-0.1, -0.05) is 25.0 Å². The highest BCUT2D eigenvalue weighted by molar-refractivity contribution is 5.40. The molecule has 0 radical (unpaired) electrons. The first-order chi connectivity index (χ1) is 11.9. The molecule has 1 aromatic rings. The van der Waals surface area contributed by atoms with Crippen LogP contribution in [0, 0.1) is 5.92 Å². The topological polar surface area (TPSA) is 33.7 Å². The predicted octanol–water partition coefficient (Wildman–Crippen LogP) is 3.67. The van der Waals surface area contributed by atoms with Crippen molar-refractivity contribution in [3.05, 3.63) is 24.3 Å². The van der Waals surface area contributed by atoms with Crippen molar-refractivity contribution in [1.29, 1.82) is 0 Å². The number of benzene rings is 1. The molecular formula is C20H32N2O2. The molecule has 6 rings (SSSR count). The summed E-state index contributed by atoms with van der Waals surface area (Å²) >= 11 is 0. The molecule has 0 spiro atoms. The molecule has 4 fully saturated rings. The summed E-state index contributed by atoms with van der Waals surface area (Å²) in [6, 6.07) is 7.63. The molecule has 0 amide bonds. The van der Waals surface area contributed by atoms with Gasteiger partial charge in [-0.15, -0.1) is 0 Å². The Bertz CT molecular complexity index is 407. The van der Waals surface area contributed by atoms with E-state index in [9.17, 15) is 0 Å². The molecule has 0 unspecified atom stereocenters. The fourth-order valence-corrected chi connectivity index (χ4v) is 3.69. The Hall–Kier alpha value is -1.26. The van der Waals surface area contributed by atoms with Gasteiger partial charge in [-0.25, -0.2) is 0 Å². The van der Waals surface area contributed by atoms with Gasteiger partial charge in [0.2, 0.25) is 6.79 Å². The van der Waals surface area contributed by atoms with Crippen LogP contribution in [0.4, 0.5) is 0 Å². The standard InChI is InChI=1S/C7H13N.C7H6O2.C6H13N/c1-4-8-5-2-7(1)3-6-8;1-2-4-7-6(3-1)8-5-9-7;1-2-4-6-7-5-3-1/h7H,1-6H2;1-4H,5H2;7H,1-6H2. The monoisotopic (exact) mass is 332 g/mol. The van der Waals surface area contributed by atoms with Gasteiger partial charge in [0, 0.05) is 0 Å². The van der Waals surface area contributed by atoms with Gasteiger partial charge < -0.3 is 19.7 Å². The van der Waals surface area contributed by atoms with Crippen LogP contribution in [0.3, 0.4) is 0 Å². The Labute approximate surface area is 146 Å². The van der Waals surface area contributed by atoms with Gasteiger partial charge in [0.1, 0.15) is 0 Å². The average Bonchev–Trinajstić information content (AvgIpc) is 2.94. The summed E-state index contributed by atoms with van der Waals surface area (Å²) < 4.78 is 10.2. The number of fused-ring (bicyclic) bond motifs is 4. The van der Waals surface area contributed by atoms with Crippen molar-refractivity contribution in [3.8, 4) is 11.5 Å². The van der Waals surface area contributed by atoms with Gasteiger partial charge in [0.25, 0.3) is 0 Å². The summed E-state index contributed by atoms with van der Waals surface area (Å²) in [4.78, 5) is 2.58. The van der Waals surface area contributed by atoms with E-state index in [-0.39, 0.29) is 0 Å². The number of hydrogen-bond donors (Lipinski definition) is 1. The number of rotatable bonds is 0. The molecule has 0 atom stereocenters. The van der Waals surface area contributed by atoms with E-state index in [1.54, 1.807) is 0 Å². The second-order valence-electron chi connectivity index (χ2n) is 7.09. The minimum atomic E-state index is 0.360. The number of nitrogens with one attached hydrogen (secondary N) is 1. The minimum absolute atomic E-state index is 0.360. The molecule has 5 heterocycles. The third-order valence-electron chi connectivity index (χ3n) is 5.30. The smallest absolute Gasteiger partial charge is 0.231 e. The van der Waals surface area contributed by atoms with Crippen LogP contribution in [0.1, 0.15) is 44.9 Å². The van der Waals surface area contributed by atoms with Gasteiger partial charge in [0.15, 0.2) is 11.5 Å². The fourth-order valence-electron chi connectivity index (χ4n) is 3.69. The second-order valence-corrected chi connectivity index (χ2v) is 7.09. The molecule has 4 heteroatoms. The van der Waals surface area contributed by atoms with Gasteiger partial charge in [-0.3, -0.25) is 0 Å².